The molecule has 2 heterocycles. The van der Waals surface area contributed by atoms with E-state index in [9.17, 15) is 5.11 Å². The Bertz CT molecular complexity index is 588. The Morgan fingerprint density at radius 1 is 1.22 bits per heavy atom. The van der Waals surface area contributed by atoms with Crippen LogP contribution in [0.15, 0.2) is 52.9 Å². The van der Waals surface area contributed by atoms with Crippen molar-refractivity contribution in [1.29, 1.82) is 0 Å². The summed E-state index contributed by atoms with van der Waals surface area (Å²) in [5.41, 5.74) is 1.05. The summed E-state index contributed by atoms with van der Waals surface area (Å²) in [6, 6.07) is 14.0. The molecule has 1 aliphatic rings. The van der Waals surface area contributed by atoms with Gasteiger partial charge >= 0.3 is 0 Å². The van der Waals surface area contributed by atoms with Gasteiger partial charge in [0.05, 0.1) is 11.3 Å². The van der Waals surface area contributed by atoms with Gasteiger partial charge in [-0.05, 0) is 28.7 Å². The molecule has 0 fully saturated rings. The van der Waals surface area contributed by atoms with Crippen molar-refractivity contribution in [2.24, 2.45) is 5.10 Å². The molecular weight excluding hydrogens is 244 g/mol. The summed E-state index contributed by atoms with van der Waals surface area (Å²) < 4.78 is 1.78. The van der Waals surface area contributed by atoms with Crippen LogP contribution in [0.25, 0.3) is 0 Å². The average Bonchev–Trinajstić information content (AvgIpc) is 3.00. The van der Waals surface area contributed by atoms with Gasteiger partial charge in [-0.3, -0.25) is 0 Å². The van der Waals surface area contributed by atoms with Crippen LogP contribution in [0.1, 0.15) is 22.9 Å². The van der Waals surface area contributed by atoms with Crippen LogP contribution in [-0.2, 0) is 0 Å². The first-order valence-electron chi connectivity index (χ1n) is 5.79. The molecule has 3 rings (SSSR count). The zero-order valence-electron chi connectivity index (χ0n) is 9.69. The van der Waals surface area contributed by atoms with E-state index in [4.69, 9.17) is 0 Å². The fourth-order valence-corrected chi connectivity index (χ4v) is 2.84. The third-order valence-corrected chi connectivity index (χ3v) is 3.84. The van der Waals surface area contributed by atoms with E-state index in [0.717, 1.165) is 5.56 Å². The zero-order chi connectivity index (χ0) is 12.4. The fraction of sp³-hybridized carbons (Fsp3) is 0.143. The predicted octanol–water partition coefficient (Wildman–Crippen LogP) is 2.00. The van der Waals surface area contributed by atoms with Crippen LogP contribution in [0.5, 0.6) is 0 Å². The van der Waals surface area contributed by atoms with Crippen molar-refractivity contribution in [3.63, 3.8) is 0 Å². The molecule has 1 aromatic heterocycles. The van der Waals surface area contributed by atoms with E-state index in [1.165, 1.54) is 4.88 Å². The summed E-state index contributed by atoms with van der Waals surface area (Å²) in [5, 5.41) is 17.6. The lowest BCUT2D eigenvalue weighted by molar-refractivity contribution is -0.563. The van der Waals surface area contributed by atoms with Crippen molar-refractivity contribution in [2.75, 3.05) is 0 Å². The molecule has 1 aromatic carbocycles. The SMILES string of the molecule is [O-]C1=N/[N+](=C\c2ccccc2)C(c2cccs2)C1. The van der Waals surface area contributed by atoms with Crippen LogP contribution < -0.4 is 5.11 Å². The van der Waals surface area contributed by atoms with E-state index in [2.05, 4.69) is 11.2 Å². The van der Waals surface area contributed by atoms with Crippen LogP contribution in [0, 0.1) is 0 Å². The van der Waals surface area contributed by atoms with Crippen LogP contribution in [0.4, 0.5) is 0 Å². The third kappa shape index (κ3) is 2.19. The van der Waals surface area contributed by atoms with Crippen LogP contribution in [0.2, 0.25) is 0 Å². The van der Waals surface area contributed by atoms with E-state index in [0.29, 0.717) is 6.42 Å². The Morgan fingerprint density at radius 2 is 2.06 bits per heavy atom. The first-order valence-corrected chi connectivity index (χ1v) is 6.67. The maximum atomic E-state index is 11.5. The Kier molecular flexibility index (Phi) is 2.94. The van der Waals surface area contributed by atoms with Crippen molar-refractivity contribution in [3.05, 3.63) is 58.3 Å². The predicted molar refractivity (Wildman–Crippen MR) is 71.0 cm³/mol. The molecule has 1 aliphatic heterocycles. The number of hydrogen-bond acceptors (Lipinski definition) is 3. The first kappa shape index (κ1) is 11.2. The number of hydrogen-bond donors (Lipinski definition) is 0. The molecule has 0 bridgehead atoms. The molecular formula is C14H12N2OS. The summed E-state index contributed by atoms with van der Waals surface area (Å²) in [6.45, 7) is 0. The first-order chi connectivity index (χ1) is 8.83. The highest BCUT2D eigenvalue weighted by Gasteiger charge is 2.30. The molecule has 18 heavy (non-hydrogen) atoms. The highest BCUT2D eigenvalue weighted by atomic mass is 32.1. The molecule has 1 atom stereocenters. The summed E-state index contributed by atoms with van der Waals surface area (Å²) in [5.74, 6) is -0.0550. The highest BCUT2D eigenvalue weighted by molar-refractivity contribution is 7.10. The zero-order valence-corrected chi connectivity index (χ0v) is 10.5. The molecule has 0 spiro atoms. The summed E-state index contributed by atoms with van der Waals surface area (Å²) in [7, 11) is 0. The molecule has 3 nitrogen and oxygen atoms in total. The number of benzene rings is 1. The topological polar surface area (TPSA) is 38.4 Å². The Labute approximate surface area is 109 Å². The number of nitrogens with zero attached hydrogens (tertiary/aromatic N) is 2. The van der Waals surface area contributed by atoms with Gasteiger partial charge in [-0.2, -0.15) is 0 Å². The standard InChI is InChI=1S/C14H12N2OS/c17-14-9-12(13-7-4-8-18-13)16(15-14)10-11-5-2-1-3-6-11/h1-8,10,12H,9H2/b16-10-. The van der Waals surface area contributed by atoms with E-state index < -0.39 is 0 Å². The summed E-state index contributed by atoms with van der Waals surface area (Å²) in [4.78, 5) is 1.18. The lowest BCUT2D eigenvalue weighted by Gasteiger charge is -2.02. The molecule has 4 heteroatoms. The third-order valence-electron chi connectivity index (χ3n) is 2.87. The van der Waals surface area contributed by atoms with E-state index in [1.807, 2.05) is 48.0 Å². The summed E-state index contributed by atoms with van der Waals surface area (Å²) >= 11 is 1.66. The number of thiophene rings is 1. The van der Waals surface area contributed by atoms with Gasteiger partial charge in [0.1, 0.15) is 0 Å². The van der Waals surface area contributed by atoms with Crippen molar-refractivity contribution >= 4 is 23.4 Å². The number of rotatable bonds is 2. The quantitative estimate of drug-likeness (QED) is 0.757. The molecule has 0 radical (unpaired) electrons. The normalized spacial score (nSPS) is 21.2. The largest absolute Gasteiger partial charge is 0.857 e. The second-order valence-corrected chi connectivity index (χ2v) is 5.13. The van der Waals surface area contributed by atoms with E-state index in [1.54, 1.807) is 16.0 Å². The molecule has 0 saturated carbocycles. The molecule has 1 unspecified atom stereocenters. The van der Waals surface area contributed by atoms with E-state index >= 15 is 0 Å². The summed E-state index contributed by atoms with van der Waals surface area (Å²) in [6.07, 6.45) is 2.39. The number of hydrazone groups is 1. The van der Waals surface area contributed by atoms with Gasteiger partial charge in [0.25, 0.3) is 0 Å². The molecule has 2 aromatic rings. The maximum absolute atomic E-state index is 11.5. The monoisotopic (exact) mass is 256 g/mol. The smallest absolute Gasteiger partial charge is 0.222 e. The Morgan fingerprint density at radius 3 is 2.78 bits per heavy atom. The maximum Gasteiger partial charge on any atom is 0.222 e. The molecule has 0 amide bonds. The van der Waals surface area contributed by atoms with Crippen molar-refractivity contribution in [1.82, 2.24) is 0 Å². The van der Waals surface area contributed by atoms with Crippen LogP contribution in [0.3, 0.4) is 0 Å². The van der Waals surface area contributed by atoms with Gasteiger partial charge in [-0.1, -0.05) is 28.9 Å². The van der Waals surface area contributed by atoms with Crippen LogP contribution >= 0.6 is 11.3 Å². The lowest BCUT2D eigenvalue weighted by atomic mass is 10.2. The molecule has 0 aliphatic carbocycles. The Balaban J connectivity index is 1.96. The van der Waals surface area contributed by atoms with Gasteiger partial charge in [-0.15, -0.1) is 11.3 Å². The minimum Gasteiger partial charge on any atom is -0.857 e. The van der Waals surface area contributed by atoms with Crippen molar-refractivity contribution < 1.29 is 9.79 Å². The molecule has 0 N–H and O–H groups in total. The van der Waals surface area contributed by atoms with Gasteiger partial charge in [-0.25, -0.2) is 0 Å². The Hall–Kier alpha value is -1.94. The van der Waals surface area contributed by atoms with Gasteiger partial charge in [0.15, 0.2) is 0 Å². The fourth-order valence-electron chi connectivity index (χ4n) is 2.02. The van der Waals surface area contributed by atoms with Crippen LogP contribution in [-0.4, -0.2) is 16.8 Å². The second-order valence-electron chi connectivity index (χ2n) is 4.15. The van der Waals surface area contributed by atoms with Crippen molar-refractivity contribution in [3.8, 4) is 0 Å². The molecule has 0 saturated heterocycles. The minimum absolute atomic E-state index is 0.0534. The average molecular weight is 256 g/mol. The molecule has 90 valence electrons. The lowest BCUT2D eigenvalue weighted by Crippen LogP contribution is -2.14. The van der Waals surface area contributed by atoms with Gasteiger partial charge in [0.2, 0.25) is 12.3 Å². The van der Waals surface area contributed by atoms with Gasteiger partial charge in [0, 0.05) is 11.5 Å². The minimum atomic E-state index is -0.0550. The second kappa shape index (κ2) is 4.74. The van der Waals surface area contributed by atoms with Gasteiger partial charge < -0.3 is 5.11 Å². The van der Waals surface area contributed by atoms with E-state index in [-0.39, 0.29) is 11.9 Å². The highest BCUT2D eigenvalue weighted by Crippen LogP contribution is 2.29. The van der Waals surface area contributed by atoms with Crippen molar-refractivity contribution in [2.45, 2.75) is 12.5 Å².